The molecule has 0 N–H and O–H groups in total. The maximum Gasteiger partial charge on any atom is 0.303 e. The van der Waals surface area contributed by atoms with Crippen LogP contribution in [-0.4, -0.2) is 11.0 Å². The molecule has 5 heteroatoms. The van der Waals surface area contributed by atoms with Crippen LogP contribution in [0.1, 0.15) is 25.6 Å². The van der Waals surface area contributed by atoms with Gasteiger partial charge in [-0.25, -0.2) is 4.98 Å². The summed E-state index contributed by atoms with van der Waals surface area (Å²) < 4.78 is 6.14. The van der Waals surface area contributed by atoms with E-state index in [0.717, 1.165) is 20.7 Å². The third kappa shape index (κ3) is 3.17. The predicted octanol–water partition coefficient (Wildman–Crippen LogP) is 4.20. The van der Waals surface area contributed by atoms with Crippen LogP contribution in [0, 0.1) is 0 Å². The van der Waals surface area contributed by atoms with Crippen molar-refractivity contribution in [2.45, 2.75) is 20.0 Å². The van der Waals surface area contributed by atoms with Crippen molar-refractivity contribution in [3.05, 3.63) is 39.8 Å². The molecule has 0 amide bonds. The summed E-state index contributed by atoms with van der Waals surface area (Å²) in [6.45, 7) is 3.22. The van der Waals surface area contributed by atoms with Gasteiger partial charge >= 0.3 is 5.97 Å². The number of thiazole rings is 1. The van der Waals surface area contributed by atoms with E-state index in [1.807, 2.05) is 36.6 Å². The van der Waals surface area contributed by atoms with Gasteiger partial charge in [0, 0.05) is 22.3 Å². The average Bonchev–Trinajstić information content (AvgIpc) is 2.78. The van der Waals surface area contributed by atoms with Crippen molar-refractivity contribution in [3.63, 3.8) is 0 Å². The minimum absolute atomic E-state index is 0.291. The Morgan fingerprint density at radius 1 is 1.39 bits per heavy atom. The second-order valence-corrected chi connectivity index (χ2v) is 5.61. The molecule has 0 fully saturated rings. The Balaban J connectivity index is 2.19. The van der Waals surface area contributed by atoms with E-state index in [1.54, 1.807) is 11.3 Å². The van der Waals surface area contributed by atoms with E-state index >= 15 is 0 Å². The molecule has 0 radical (unpaired) electrons. The summed E-state index contributed by atoms with van der Waals surface area (Å²) >= 11 is 4.95. The number of esters is 1. The van der Waals surface area contributed by atoms with Crippen molar-refractivity contribution in [2.75, 3.05) is 0 Å². The van der Waals surface area contributed by atoms with E-state index in [1.165, 1.54) is 6.92 Å². The second-order valence-electron chi connectivity index (χ2n) is 3.84. The number of aromatic nitrogens is 1. The van der Waals surface area contributed by atoms with Crippen LogP contribution in [-0.2, 0) is 9.53 Å². The van der Waals surface area contributed by atoms with Crippen LogP contribution in [0.25, 0.3) is 10.6 Å². The molecule has 0 aliphatic heterocycles. The van der Waals surface area contributed by atoms with Crippen molar-refractivity contribution in [1.82, 2.24) is 4.98 Å². The van der Waals surface area contributed by atoms with Gasteiger partial charge in [0.2, 0.25) is 0 Å². The van der Waals surface area contributed by atoms with Crippen molar-refractivity contribution in [3.8, 4) is 10.6 Å². The zero-order valence-electron chi connectivity index (χ0n) is 10.0. The van der Waals surface area contributed by atoms with Crippen molar-refractivity contribution >= 4 is 33.2 Å². The molecule has 0 bridgehead atoms. The zero-order valence-corrected chi connectivity index (χ0v) is 12.4. The van der Waals surface area contributed by atoms with Gasteiger partial charge in [-0.2, -0.15) is 0 Å². The summed E-state index contributed by atoms with van der Waals surface area (Å²) in [6.07, 6.45) is -0.303. The van der Waals surface area contributed by atoms with Crippen LogP contribution in [0.15, 0.2) is 34.1 Å². The number of halogens is 1. The SMILES string of the molecule is CC(=O)O[C@@H](C)c1csc(-c2ccc(Br)cc2)n1. The molecule has 94 valence electrons. The maximum absolute atomic E-state index is 10.9. The lowest BCUT2D eigenvalue weighted by Gasteiger charge is -2.08. The molecule has 1 atom stereocenters. The molecule has 0 aliphatic rings. The Hall–Kier alpha value is -1.20. The summed E-state index contributed by atoms with van der Waals surface area (Å²) in [4.78, 5) is 15.4. The smallest absolute Gasteiger partial charge is 0.303 e. The van der Waals surface area contributed by atoms with E-state index < -0.39 is 0 Å². The molecule has 0 spiro atoms. The number of carbonyl (C=O) groups excluding carboxylic acids is 1. The average molecular weight is 326 g/mol. The highest BCUT2D eigenvalue weighted by molar-refractivity contribution is 9.10. The fourth-order valence-electron chi connectivity index (χ4n) is 1.51. The molecule has 0 unspecified atom stereocenters. The van der Waals surface area contributed by atoms with E-state index in [2.05, 4.69) is 20.9 Å². The van der Waals surface area contributed by atoms with Crippen LogP contribution in [0.5, 0.6) is 0 Å². The fourth-order valence-corrected chi connectivity index (χ4v) is 2.68. The third-order valence-electron chi connectivity index (χ3n) is 2.37. The molecule has 2 rings (SSSR count). The van der Waals surface area contributed by atoms with E-state index in [9.17, 15) is 4.79 Å². The summed E-state index contributed by atoms with van der Waals surface area (Å²) in [5, 5.41) is 2.85. The quantitative estimate of drug-likeness (QED) is 0.794. The zero-order chi connectivity index (χ0) is 13.1. The maximum atomic E-state index is 10.9. The molecular formula is C13H12BrNO2S. The first kappa shape index (κ1) is 13.2. The van der Waals surface area contributed by atoms with Crippen LogP contribution >= 0.6 is 27.3 Å². The molecule has 0 aliphatic carbocycles. The van der Waals surface area contributed by atoms with E-state index in [4.69, 9.17) is 4.74 Å². The van der Waals surface area contributed by atoms with Crippen molar-refractivity contribution in [1.29, 1.82) is 0 Å². The lowest BCUT2D eigenvalue weighted by molar-refractivity contribution is -0.145. The molecule has 18 heavy (non-hydrogen) atoms. The Bertz CT molecular complexity index is 550. The summed E-state index contributed by atoms with van der Waals surface area (Å²) in [5.74, 6) is -0.291. The van der Waals surface area contributed by atoms with E-state index in [0.29, 0.717) is 0 Å². The monoisotopic (exact) mass is 325 g/mol. The third-order valence-corrected chi connectivity index (χ3v) is 3.81. The number of hydrogen-bond acceptors (Lipinski definition) is 4. The molecule has 0 saturated carbocycles. The fraction of sp³-hybridized carbons (Fsp3) is 0.231. The lowest BCUT2D eigenvalue weighted by atomic mass is 10.2. The van der Waals surface area contributed by atoms with Gasteiger partial charge in [-0.1, -0.05) is 28.1 Å². The number of benzene rings is 1. The Labute approximate surface area is 118 Å². The van der Waals surface area contributed by atoms with Gasteiger partial charge < -0.3 is 4.74 Å². The first-order valence-corrected chi connectivity index (χ1v) is 7.12. The number of hydrogen-bond donors (Lipinski definition) is 0. The van der Waals surface area contributed by atoms with Crippen LogP contribution in [0.2, 0.25) is 0 Å². The number of nitrogens with zero attached hydrogens (tertiary/aromatic N) is 1. The first-order valence-electron chi connectivity index (χ1n) is 5.45. The number of rotatable bonds is 3. The first-order chi connectivity index (χ1) is 8.56. The van der Waals surface area contributed by atoms with Gasteiger partial charge in [-0.3, -0.25) is 4.79 Å². The molecule has 1 heterocycles. The topological polar surface area (TPSA) is 39.2 Å². The Morgan fingerprint density at radius 2 is 2.06 bits per heavy atom. The van der Waals surface area contributed by atoms with Crippen molar-refractivity contribution < 1.29 is 9.53 Å². The van der Waals surface area contributed by atoms with Gasteiger partial charge in [-0.15, -0.1) is 11.3 Å². The van der Waals surface area contributed by atoms with Gasteiger partial charge in [0.25, 0.3) is 0 Å². The second kappa shape index (κ2) is 5.63. The summed E-state index contributed by atoms with van der Waals surface area (Å²) in [5.41, 5.74) is 1.84. The standard InChI is InChI=1S/C13H12BrNO2S/c1-8(17-9(2)16)12-7-18-13(15-12)10-3-5-11(14)6-4-10/h3-8H,1-2H3/t8-/m0/s1. The minimum atomic E-state index is -0.303. The van der Waals surface area contributed by atoms with Gasteiger partial charge in [-0.05, 0) is 19.1 Å². The minimum Gasteiger partial charge on any atom is -0.456 e. The highest BCUT2D eigenvalue weighted by Crippen LogP contribution is 2.28. The van der Waals surface area contributed by atoms with Crippen LogP contribution < -0.4 is 0 Å². The summed E-state index contributed by atoms with van der Waals surface area (Å²) in [7, 11) is 0. The highest BCUT2D eigenvalue weighted by Gasteiger charge is 2.13. The largest absolute Gasteiger partial charge is 0.456 e. The van der Waals surface area contributed by atoms with Crippen molar-refractivity contribution in [2.24, 2.45) is 0 Å². The number of carbonyl (C=O) groups is 1. The predicted molar refractivity (Wildman–Crippen MR) is 75.4 cm³/mol. The molecule has 1 aromatic carbocycles. The van der Waals surface area contributed by atoms with E-state index in [-0.39, 0.29) is 12.1 Å². The van der Waals surface area contributed by atoms with Crippen LogP contribution in [0.4, 0.5) is 0 Å². The molecule has 0 saturated heterocycles. The highest BCUT2D eigenvalue weighted by atomic mass is 79.9. The Morgan fingerprint density at radius 3 is 2.67 bits per heavy atom. The molecular weight excluding hydrogens is 314 g/mol. The molecule has 1 aromatic heterocycles. The summed E-state index contributed by atoms with van der Waals surface area (Å²) in [6, 6.07) is 7.96. The van der Waals surface area contributed by atoms with Crippen LogP contribution in [0.3, 0.4) is 0 Å². The van der Waals surface area contributed by atoms with Gasteiger partial charge in [0.1, 0.15) is 11.1 Å². The Kier molecular flexibility index (Phi) is 4.14. The number of ether oxygens (including phenoxy) is 1. The van der Waals surface area contributed by atoms with Gasteiger partial charge in [0.05, 0.1) is 5.69 Å². The molecule has 2 aromatic rings. The lowest BCUT2D eigenvalue weighted by Crippen LogP contribution is -2.04. The van der Waals surface area contributed by atoms with Gasteiger partial charge in [0.15, 0.2) is 0 Å². The molecule has 3 nitrogen and oxygen atoms in total. The normalized spacial score (nSPS) is 12.2.